The average molecular weight is 730 g/mol. The molecule has 3 N–H and O–H groups in total. The zero-order valence-electron chi connectivity index (χ0n) is 34.0. The summed E-state index contributed by atoms with van der Waals surface area (Å²) in [6, 6.07) is -0.647. The van der Waals surface area contributed by atoms with E-state index in [1.807, 2.05) is 6.08 Å². The molecule has 2 unspecified atom stereocenters. The number of carbonyl (C=O) groups is 1. The lowest BCUT2D eigenvalue weighted by atomic mass is 10.1. The van der Waals surface area contributed by atoms with E-state index in [2.05, 4.69) is 129 Å². The van der Waals surface area contributed by atoms with Crippen LogP contribution in [0, 0.1) is 0 Å². The zero-order valence-corrected chi connectivity index (χ0v) is 34.0. The lowest BCUT2D eigenvalue weighted by Crippen LogP contribution is -2.45. The van der Waals surface area contributed by atoms with Gasteiger partial charge in [-0.15, -0.1) is 0 Å². The molecule has 0 aromatic carbocycles. The Kier molecular flexibility index (Phi) is 40.6. The van der Waals surface area contributed by atoms with Gasteiger partial charge in [0.2, 0.25) is 5.91 Å². The number of aliphatic hydroxyl groups excluding tert-OH is 2. The summed E-state index contributed by atoms with van der Waals surface area (Å²) >= 11 is 0. The number of allylic oxidation sites excluding steroid dienone is 19. The molecule has 0 heterocycles. The monoisotopic (exact) mass is 730 g/mol. The van der Waals surface area contributed by atoms with Crippen molar-refractivity contribution in [1.82, 2.24) is 5.32 Å². The van der Waals surface area contributed by atoms with Crippen molar-refractivity contribution < 1.29 is 15.0 Å². The molecule has 0 fully saturated rings. The minimum Gasteiger partial charge on any atom is -0.394 e. The summed E-state index contributed by atoms with van der Waals surface area (Å²) in [5.74, 6) is -0.105. The predicted molar refractivity (Wildman–Crippen MR) is 234 cm³/mol. The first kappa shape index (κ1) is 49.8. The van der Waals surface area contributed by atoms with Gasteiger partial charge in [-0.1, -0.05) is 187 Å². The molecule has 4 nitrogen and oxygen atoms in total. The van der Waals surface area contributed by atoms with Gasteiger partial charge in [0.05, 0.1) is 18.8 Å². The van der Waals surface area contributed by atoms with Crippen molar-refractivity contribution >= 4 is 5.91 Å². The second kappa shape index (κ2) is 43.2. The Hall–Kier alpha value is -3.21. The number of carbonyl (C=O) groups excluding carboxylic acids is 1. The quantitative estimate of drug-likeness (QED) is 0.0444. The fraction of sp³-hybridized carbons (Fsp3) is 0.571. The molecule has 298 valence electrons. The van der Waals surface area contributed by atoms with Gasteiger partial charge >= 0.3 is 0 Å². The molecular weight excluding hydrogens is 651 g/mol. The van der Waals surface area contributed by atoms with Gasteiger partial charge in [0.15, 0.2) is 0 Å². The topological polar surface area (TPSA) is 69.6 Å². The Morgan fingerprint density at radius 1 is 0.472 bits per heavy atom. The van der Waals surface area contributed by atoms with Gasteiger partial charge in [-0.25, -0.2) is 0 Å². The number of nitrogens with one attached hydrogen (secondary N) is 1. The van der Waals surface area contributed by atoms with Crippen molar-refractivity contribution in [3.8, 4) is 0 Å². The molecule has 0 saturated carbocycles. The molecule has 0 spiro atoms. The fourth-order valence-electron chi connectivity index (χ4n) is 5.46. The Balaban J connectivity index is 3.75. The standard InChI is InChI=1S/C49H79NO3/c1-3-5-7-9-11-13-15-16-17-18-19-20-21-22-23-24-25-26-27-28-29-30-31-32-33-34-35-37-39-41-43-45-49(53)50-47(46-51)48(52)44-42-40-38-36-14-12-10-8-6-4-2/h5,7,11,13,16-17,19-20,22-23,25-26,28-29,31-32,34-35,42,44,47-48,51-52H,3-4,6,8-10,12,14-15,18,21,24,27,30,33,36-41,43,45-46H2,1-2H3,(H,50,53)/b7-5-,13-11-,17-16-,20-19-,23-22-,26-25-,29-28-,32-31-,35-34-,44-42+. The fourth-order valence-corrected chi connectivity index (χ4v) is 5.46. The van der Waals surface area contributed by atoms with Crippen LogP contribution >= 0.6 is 0 Å². The summed E-state index contributed by atoms with van der Waals surface area (Å²) in [4.78, 5) is 12.3. The second-order valence-electron chi connectivity index (χ2n) is 13.7. The van der Waals surface area contributed by atoms with Crippen molar-refractivity contribution in [2.45, 2.75) is 174 Å². The maximum atomic E-state index is 12.3. The Bertz CT molecular complexity index is 1100. The van der Waals surface area contributed by atoms with Gasteiger partial charge in [-0.3, -0.25) is 4.79 Å². The van der Waals surface area contributed by atoms with Gasteiger partial charge in [-0.2, -0.15) is 0 Å². The molecule has 0 rings (SSSR count). The summed E-state index contributed by atoms with van der Waals surface area (Å²) in [7, 11) is 0. The molecule has 0 aliphatic heterocycles. The largest absolute Gasteiger partial charge is 0.394 e. The normalized spacial score (nSPS) is 14.3. The van der Waals surface area contributed by atoms with E-state index >= 15 is 0 Å². The van der Waals surface area contributed by atoms with Crippen molar-refractivity contribution in [2.75, 3.05) is 6.61 Å². The summed E-state index contributed by atoms with van der Waals surface area (Å²) in [5, 5.41) is 22.8. The Morgan fingerprint density at radius 2 is 0.830 bits per heavy atom. The van der Waals surface area contributed by atoms with Crippen LogP contribution in [-0.4, -0.2) is 34.9 Å². The van der Waals surface area contributed by atoms with Crippen LogP contribution in [0.15, 0.2) is 122 Å². The number of aliphatic hydroxyl groups is 2. The highest BCUT2D eigenvalue weighted by Crippen LogP contribution is 2.11. The summed E-state index contributed by atoms with van der Waals surface area (Å²) in [6.07, 6.45) is 67.3. The third kappa shape index (κ3) is 39.8. The first-order valence-corrected chi connectivity index (χ1v) is 21.2. The molecule has 0 saturated heterocycles. The zero-order chi connectivity index (χ0) is 38.6. The van der Waals surface area contributed by atoms with E-state index in [4.69, 9.17) is 0 Å². The SMILES string of the molecule is CC/C=C\C/C=C\C/C=C\C/C=C\C/C=C\C/C=C\C/C=C\C/C=C\C/C=C\CCCCCC(=O)NC(CO)C(O)/C=C/CCCCCCCCCC. The third-order valence-corrected chi connectivity index (χ3v) is 8.70. The summed E-state index contributed by atoms with van der Waals surface area (Å²) in [6.45, 7) is 4.13. The number of amides is 1. The predicted octanol–water partition coefficient (Wildman–Crippen LogP) is 13.4. The van der Waals surface area contributed by atoms with Crippen LogP contribution in [0.25, 0.3) is 0 Å². The molecule has 0 aromatic heterocycles. The van der Waals surface area contributed by atoms with E-state index < -0.39 is 12.1 Å². The minimum absolute atomic E-state index is 0.105. The Morgan fingerprint density at radius 3 is 1.25 bits per heavy atom. The van der Waals surface area contributed by atoms with E-state index in [1.54, 1.807) is 6.08 Å². The first-order valence-electron chi connectivity index (χ1n) is 21.2. The smallest absolute Gasteiger partial charge is 0.220 e. The lowest BCUT2D eigenvalue weighted by Gasteiger charge is -2.19. The van der Waals surface area contributed by atoms with E-state index in [-0.39, 0.29) is 12.5 Å². The molecule has 0 bridgehead atoms. The van der Waals surface area contributed by atoms with Gasteiger partial charge in [0.1, 0.15) is 0 Å². The van der Waals surface area contributed by atoms with Crippen LogP contribution in [0.4, 0.5) is 0 Å². The van der Waals surface area contributed by atoms with Crippen LogP contribution in [-0.2, 0) is 4.79 Å². The summed E-state index contributed by atoms with van der Waals surface area (Å²) in [5.41, 5.74) is 0. The summed E-state index contributed by atoms with van der Waals surface area (Å²) < 4.78 is 0. The van der Waals surface area contributed by atoms with Gasteiger partial charge in [0, 0.05) is 6.42 Å². The molecule has 1 amide bonds. The average Bonchev–Trinajstić information content (AvgIpc) is 3.16. The highest BCUT2D eigenvalue weighted by Gasteiger charge is 2.17. The highest BCUT2D eigenvalue weighted by molar-refractivity contribution is 5.76. The lowest BCUT2D eigenvalue weighted by molar-refractivity contribution is -0.123. The maximum Gasteiger partial charge on any atom is 0.220 e. The van der Waals surface area contributed by atoms with Gasteiger partial charge < -0.3 is 15.5 Å². The van der Waals surface area contributed by atoms with Gasteiger partial charge in [-0.05, 0) is 89.9 Å². The van der Waals surface area contributed by atoms with E-state index in [1.165, 1.54) is 44.9 Å². The number of unbranched alkanes of at least 4 members (excludes halogenated alkanes) is 11. The molecule has 0 aliphatic carbocycles. The molecule has 2 atom stereocenters. The number of hydrogen-bond donors (Lipinski definition) is 3. The second-order valence-corrected chi connectivity index (χ2v) is 13.7. The first-order chi connectivity index (χ1) is 26.2. The van der Waals surface area contributed by atoms with Crippen LogP contribution in [0.1, 0.15) is 162 Å². The number of rotatable bonds is 36. The van der Waals surface area contributed by atoms with Crippen molar-refractivity contribution in [1.29, 1.82) is 0 Å². The molecule has 53 heavy (non-hydrogen) atoms. The van der Waals surface area contributed by atoms with Crippen molar-refractivity contribution in [2.24, 2.45) is 0 Å². The molecular formula is C49H79NO3. The van der Waals surface area contributed by atoms with Crippen LogP contribution in [0.2, 0.25) is 0 Å². The molecule has 0 radical (unpaired) electrons. The van der Waals surface area contributed by atoms with E-state index in [0.29, 0.717) is 6.42 Å². The van der Waals surface area contributed by atoms with Crippen LogP contribution in [0.5, 0.6) is 0 Å². The molecule has 0 aromatic rings. The molecule has 0 aliphatic rings. The van der Waals surface area contributed by atoms with Crippen molar-refractivity contribution in [3.05, 3.63) is 122 Å². The maximum absolute atomic E-state index is 12.3. The number of hydrogen-bond acceptors (Lipinski definition) is 3. The minimum atomic E-state index is -0.860. The highest BCUT2D eigenvalue weighted by atomic mass is 16.3. The van der Waals surface area contributed by atoms with E-state index in [9.17, 15) is 15.0 Å². The van der Waals surface area contributed by atoms with Gasteiger partial charge in [0.25, 0.3) is 0 Å². The third-order valence-electron chi connectivity index (χ3n) is 8.70. The molecule has 4 heteroatoms. The van der Waals surface area contributed by atoms with Crippen LogP contribution < -0.4 is 5.32 Å². The van der Waals surface area contributed by atoms with Crippen molar-refractivity contribution in [3.63, 3.8) is 0 Å². The van der Waals surface area contributed by atoms with Crippen LogP contribution in [0.3, 0.4) is 0 Å². The van der Waals surface area contributed by atoms with E-state index in [0.717, 1.165) is 96.3 Å². The Labute approximate surface area is 327 Å².